The van der Waals surface area contributed by atoms with Crippen molar-refractivity contribution in [2.45, 2.75) is 19.4 Å². The van der Waals surface area contributed by atoms with E-state index in [1.165, 1.54) is 19.1 Å². The van der Waals surface area contributed by atoms with Gasteiger partial charge in [-0.15, -0.1) is 0 Å². The third-order valence-corrected chi connectivity index (χ3v) is 5.66. The summed E-state index contributed by atoms with van der Waals surface area (Å²) in [7, 11) is 6.77. The van der Waals surface area contributed by atoms with E-state index in [1.807, 2.05) is 50.2 Å². The van der Waals surface area contributed by atoms with E-state index in [-0.39, 0.29) is 16.9 Å². The first-order chi connectivity index (χ1) is 16.3. The highest BCUT2D eigenvalue weighted by molar-refractivity contribution is 6.46. The van der Waals surface area contributed by atoms with Crippen molar-refractivity contribution in [1.29, 1.82) is 0 Å². The normalized spacial score (nSPS) is 17.4. The summed E-state index contributed by atoms with van der Waals surface area (Å²) < 4.78 is 16.4. The number of hydrogen-bond donors (Lipinski definition) is 1. The van der Waals surface area contributed by atoms with Gasteiger partial charge in [-0.1, -0.05) is 19.1 Å². The van der Waals surface area contributed by atoms with Gasteiger partial charge in [0.2, 0.25) is 0 Å². The third kappa shape index (κ3) is 5.17. The number of carbonyl (C=O) groups is 2. The second kappa shape index (κ2) is 11.1. The van der Waals surface area contributed by atoms with Crippen molar-refractivity contribution in [1.82, 2.24) is 9.80 Å². The number of carbonyl (C=O) groups excluding carboxylic acids is 2. The fraction of sp³-hybridized carbons (Fsp3) is 0.385. The molecule has 0 spiro atoms. The lowest BCUT2D eigenvalue weighted by molar-refractivity contribution is -0.140. The first-order valence-electron chi connectivity index (χ1n) is 11.2. The summed E-state index contributed by atoms with van der Waals surface area (Å²) in [6, 6.07) is 11.4. The molecule has 2 aromatic carbocycles. The maximum Gasteiger partial charge on any atom is 0.295 e. The lowest BCUT2D eigenvalue weighted by atomic mass is 9.95. The maximum atomic E-state index is 13.2. The molecule has 1 unspecified atom stereocenters. The molecule has 182 valence electrons. The Bertz CT molecular complexity index is 1060. The van der Waals surface area contributed by atoms with Crippen LogP contribution in [0, 0.1) is 0 Å². The van der Waals surface area contributed by atoms with Gasteiger partial charge in [-0.25, -0.2) is 0 Å². The lowest BCUT2D eigenvalue weighted by Gasteiger charge is -2.27. The summed E-state index contributed by atoms with van der Waals surface area (Å²) in [5.74, 6) is -0.153. The Morgan fingerprint density at radius 3 is 2.29 bits per heavy atom. The van der Waals surface area contributed by atoms with Crippen molar-refractivity contribution < 1.29 is 28.9 Å². The van der Waals surface area contributed by atoms with E-state index in [1.54, 1.807) is 18.2 Å². The molecule has 1 aliphatic rings. The number of likely N-dealkylation sites (tertiary alicyclic amines) is 1. The predicted octanol–water partition coefficient (Wildman–Crippen LogP) is 3.48. The SMILES string of the molecule is CCCOc1ccc(C2/C(=C(\O)c3cc(OC)ccc3OC)C(=O)C(=O)N2CCN(C)C)cc1. The number of amides is 1. The Labute approximate surface area is 200 Å². The molecule has 0 aliphatic carbocycles. The van der Waals surface area contributed by atoms with Crippen LogP contribution in [0.4, 0.5) is 0 Å². The number of likely N-dealkylation sites (N-methyl/N-ethyl adjacent to an activating group) is 1. The van der Waals surface area contributed by atoms with E-state index >= 15 is 0 Å². The van der Waals surface area contributed by atoms with Crippen LogP contribution in [0.15, 0.2) is 48.0 Å². The molecular formula is C26H32N2O6. The smallest absolute Gasteiger partial charge is 0.295 e. The molecule has 1 fully saturated rings. The zero-order valence-corrected chi connectivity index (χ0v) is 20.3. The van der Waals surface area contributed by atoms with Crippen molar-refractivity contribution >= 4 is 17.4 Å². The van der Waals surface area contributed by atoms with E-state index in [0.717, 1.165) is 6.42 Å². The van der Waals surface area contributed by atoms with Gasteiger partial charge in [-0.3, -0.25) is 9.59 Å². The molecule has 0 saturated carbocycles. The van der Waals surface area contributed by atoms with Gasteiger partial charge in [0.1, 0.15) is 23.0 Å². The van der Waals surface area contributed by atoms with E-state index in [0.29, 0.717) is 42.5 Å². The van der Waals surface area contributed by atoms with Crippen LogP contribution in [-0.2, 0) is 9.59 Å². The number of methoxy groups -OCH3 is 2. The van der Waals surface area contributed by atoms with Crippen LogP contribution >= 0.6 is 0 Å². The first-order valence-corrected chi connectivity index (χ1v) is 11.2. The Kier molecular flexibility index (Phi) is 8.17. The summed E-state index contributed by atoms with van der Waals surface area (Å²) in [5.41, 5.74) is 0.989. The molecule has 1 atom stereocenters. The highest BCUT2D eigenvalue weighted by Gasteiger charge is 2.46. The molecule has 3 rings (SSSR count). The number of aliphatic hydroxyl groups excluding tert-OH is 1. The van der Waals surface area contributed by atoms with E-state index in [4.69, 9.17) is 14.2 Å². The summed E-state index contributed by atoms with van der Waals surface area (Å²) in [4.78, 5) is 29.7. The van der Waals surface area contributed by atoms with Crippen LogP contribution in [0.5, 0.6) is 17.2 Å². The number of benzene rings is 2. The average molecular weight is 469 g/mol. The van der Waals surface area contributed by atoms with Crippen LogP contribution in [0.3, 0.4) is 0 Å². The topological polar surface area (TPSA) is 88.5 Å². The first kappa shape index (κ1) is 25.1. The van der Waals surface area contributed by atoms with Crippen molar-refractivity contribution in [2.24, 2.45) is 0 Å². The number of aliphatic hydroxyl groups is 1. The highest BCUT2D eigenvalue weighted by atomic mass is 16.5. The highest BCUT2D eigenvalue weighted by Crippen LogP contribution is 2.41. The Hall–Kier alpha value is -3.52. The molecule has 1 saturated heterocycles. The average Bonchev–Trinajstić information content (AvgIpc) is 3.10. The van der Waals surface area contributed by atoms with Gasteiger partial charge in [0.15, 0.2) is 0 Å². The van der Waals surface area contributed by atoms with Crippen molar-refractivity contribution in [3.05, 3.63) is 59.2 Å². The minimum Gasteiger partial charge on any atom is -0.507 e. The molecule has 2 aromatic rings. The minimum absolute atomic E-state index is 0.0116. The second-order valence-electron chi connectivity index (χ2n) is 8.28. The quantitative estimate of drug-likeness (QED) is 0.324. The number of ketones is 1. The summed E-state index contributed by atoms with van der Waals surface area (Å²) in [6.07, 6.45) is 0.884. The molecule has 34 heavy (non-hydrogen) atoms. The molecule has 8 heteroatoms. The number of hydrogen-bond acceptors (Lipinski definition) is 7. The molecule has 1 amide bonds. The minimum atomic E-state index is -0.754. The summed E-state index contributed by atoms with van der Waals surface area (Å²) in [6.45, 7) is 3.50. The van der Waals surface area contributed by atoms with E-state index in [2.05, 4.69) is 0 Å². The standard InChI is InChI=1S/C26H32N2O6/c1-6-15-34-18-9-7-17(8-10-18)23-22(25(30)26(31)28(23)14-13-27(2)3)24(29)20-16-19(32-4)11-12-21(20)33-5/h7-12,16,23,29H,6,13-15H2,1-5H3/b24-22+. The Morgan fingerprint density at radius 2 is 1.71 bits per heavy atom. The van der Waals surface area contributed by atoms with Gasteiger partial charge in [0, 0.05) is 13.1 Å². The zero-order chi connectivity index (χ0) is 24.8. The monoisotopic (exact) mass is 468 g/mol. The fourth-order valence-corrected chi connectivity index (χ4v) is 3.88. The van der Waals surface area contributed by atoms with Gasteiger partial charge in [-0.2, -0.15) is 0 Å². The Balaban J connectivity index is 2.15. The van der Waals surface area contributed by atoms with Crippen LogP contribution in [0.25, 0.3) is 5.76 Å². The molecular weight excluding hydrogens is 436 g/mol. The molecule has 0 aromatic heterocycles. The molecule has 8 nitrogen and oxygen atoms in total. The van der Waals surface area contributed by atoms with E-state index < -0.39 is 17.7 Å². The van der Waals surface area contributed by atoms with Crippen molar-refractivity contribution in [3.8, 4) is 17.2 Å². The molecule has 1 aliphatic heterocycles. The Morgan fingerprint density at radius 1 is 1.03 bits per heavy atom. The van der Waals surface area contributed by atoms with Gasteiger partial charge in [0.05, 0.1) is 38.0 Å². The number of rotatable bonds is 10. The lowest BCUT2D eigenvalue weighted by Crippen LogP contribution is -2.35. The number of nitrogens with zero attached hydrogens (tertiary/aromatic N) is 2. The molecule has 1 N–H and O–H groups in total. The van der Waals surface area contributed by atoms with Gasteiger partial charge >= 0.3 is 0 Å². The predicted molar refractivity (Wildman–Crippen MR) is 129 cm³/mol. The molecule has 1 heterocycles. The van der Waals surface area contributed by atoms with Crippen LogP contribution in [-0.4, -0.2) is 74.6 Å². The van der Waals surface area contributed by atoms with E-state index in [9.17, 15) is 14.7 Å². The van der Waals surface area contributed by atoms with Gasteiger partial charge in [0.25, 0.3) is 11.7 Å². The fourth-order valence-electron chi connectivity index (χ4n) is 3.88. The summed E-state index contributed by atoms with van der Waals surface area (Å²) >= 11 is 0. The maximum absolute atomic E-state index is 13.2. The third-order valence-electron chi connectivity index (χ3n) is 5.66. The second-order valence-corrected chi connectivity index (χ2v) is 8.28. The van der Waals surface area contributed by atoms with Crippen LogP contribution in [0.2, 0.25) is 0 Å². The molecule has 0 bridgehead atoms. The van der Waals surface area contributed by atoms with Crippen molar-refractivity contribution in [3.63, 3.8) is 0 Å². The number of Topliss-reactive ketones (excluding diaryl/α,β-unsaturated/α-hetero) is 1. The van der Waals surface area contributed by atoms with Crippen LogP contribution in [0.1, 0.15) is 30.5 Å². The molecule has 0 radical (unpaired) electrons. The van der Waals surface area contributed by atoms with Gasteiger partial charge < -0.3 is 29.1 Å². The zero-order valence-electron chi connectivity index (χ0n) is 20.3. The van der Waals surface area contributed by atoms with Gasteiger partial charge in [-0.05, 0) is 56.4 Å². The van der Waals surface area contributed by atoms with Crippen LogP contribution < -0.4 is 14.2 Å². The number of ether oxygens (including phenoxy) is 3. The largest absolute Gasteiger partial charge is 0.507 e. The van der Waals surface area contributed by atoms with Crippen molar-refractivity contribution in [2.75, 3.05) is 48.0 Å². The summed E-state index contributed by atoms with van der Waals surface area (Å²) in [5, 5.41) is 11.3.